The summed E-state index contributed by atoms with van der Waals surface area (Å²) in [7, 11) is -2.50. The zero-order valence-corrected chi connectivity index (χ0v) is 22.1. The summed E-state index contributed by atoms with van der Waals surface area (Å²) in [6.07, 6.45) is 5.18. The Bertz CT molecular complexity index is 1130. The van der Waals surface area contributed by atoms with Gasteiger partial charge in [-0.3, -0.25) is 9.59 Å². The fourth-order valence-electron chi connectivity index (χ4n) is 4.24. The minimum absolute atomic E-state index is 0.103. The molecule has 7 nitrogen and oxygen atoms in total. The van der Waals surface area contributed by atoms with Gasteiger partial charge in [0.15, 0.2) is 0 Å². The lowest BCUT2D eigenvalue weighted by molar-refractivity contribution is -0.141. The van der Waals surface area contributed by atoms with Crippen molar-refractivity contribution in [3.8, 4) is 0 Å². The summed E-state index contributed by atoms with van der Waals surface area (Å²) in [5.74, 6) is -0.703. The summed E-state index contributed by atoms with van der Waals surface area (Å²) in [6, 6.07) is 12.9. The first-order chi connectivity index (χ1) is 16.6. The fraction of sp³-hybridized carbons (Fsp3) is 0.462. The number of hydrogen-bond acceptors (Lipinski definition) is 4. The van der Waals surface area contributed by atoms with E-state index in [1.165, 1.54) is 30.5 Å². The fourth-order valence-corrected chi connectivity index (χ4v) is 5.57. The molecule has 1 N–H and O–H groups in total. The van der Waals surface area contributed by atoms with Crippen molar-refractivity contribution in [1.82, 2.24) is 14.5 Å². The number of nitrogens with zero attached hydrogens (tertiary/aromatic N) is 2. The summed E-state index contributed by atoms with van der Waals surface area (Å²) in [5.41, 5.74) is 1.69. The number of rotatable bonds is 9. The van der Waals surface area contributed by atoms with Gasteiger partial charge in [0, 0.05) is 24.7 Å². The van der Waals surface area contributed by atoms with E-state index < -0.39 is 28.5 Å². The lowest BCUT2D eigenvalue weighted by Gasteiger charge is -2.32. The molecule has 3 rings (SSSR count). The molecule has 190 valence electrons. The second kappa shape index (κ2) is 12.0. The highest BCUT2D eigenvalue weighted by Crippen LogP contribution is 2.20. The molecule has 0 radical (unpaired) electrons. The van der Waals surface area contributed by atoms with Crippen molar-refractivity contribution in [1.29, 1.82) is 0 Å². The number of hydrogen-bond donors (Lipinski definition) is 1. The number of carbonyl (C=O) groups excluding carboxylic acids is 2. The molecular weight excluding hydrogens is 486 g/mol. The zero-order chi connectivity index (χ0) is 25.6. The van der Waals surface area contributed by atoms with Crippen LogP contribution in [0.2, 0.25) is 5.02 Å². The Balaban J connectivity index is 1.79. The highest BCUT2D eigenvalue weighted by Gasteiger charge is 2.31. The quantitative estimate of drug-likeness (QED) is 0.539. The van der Waals surface area contributed by atoms with Crippen LogP contribution >= 0.6 is 11.6 Å². The third kappa shape index (κ3) is 7.29. The maximum atomic E-state index is 13.4. The largest absolute Gasteiger partial charge is 0.352 e. The van der Waals surface area contributed by atoms with E-state index in [1.54, 1.807) is 37.3 Å². The van der Waals surface area contributed by atoms with Gasteiger partial charge in [-0.15, -0.1) is 0 Å². The second-order valence-corrected chi connectivity index (χ2v) is 11.7. The van der Waals surface area contributed by atoms with Crippen LogP contribution in [0.4, 0.5) is 0 Å². The number of aryl methyl sites for hydroxylation is 1. The van der Waals surface area contributed by atoms with Crippen molar-refractivity contribution in [2.24, 2.45) is 0 Å². The smallest absolute Gasteiger partial charge is 0.243 e. The van der Waals surface area contributed by atoms with Crippen molar-refractivity contribution >= 4 is 33.4 Å². The van der Waals surface area contributed by atoms with Gasteiger partial charge in [-0.1, -0.05) is 60.7 Å². The Morgan fingerprint density at radius 3 is 2.37 bits per heavy atom. The molecule has 0 saturated heterocycles. The number of sulfonamides is 1. The molecular formula is C26H34ClN3O4S. The number of halogens is 1. The Kier molecular flexibility index (Phi) is 9.33. The van der Waals surface area contributed by atoms with Crippen molar-refractivity contribution in [3.63, 3.8) is 0 Å². The van der Waals surface area contributed by atoms with Crippen LogP contribution < -0.4 is 5.32 Å². The lowest BCUT2D eigenvalue weighted by atomic mass is 9.95. The van der Waals surface area contributed by atoms with Crippen LogP contribution in [0.1, 0.15) is 50.2 Å². The third-order valence-corrected chi connectivity index (χ3v) is 8.50. The van der Waals surface area contributed by atoms with E-state index in [-0.39, 0.29) is 23.4 Å². The molecule has 1 aliphatic carbocycles. The topological polar surface area (TPSA) is 86.8 Å². The van der Waals surface area contributed by atoms with Gasteiger partial charge in [0.2, 0.25) is 21.8 Å². The van der Waals surface area contributed by atoms with E-state index in [0.717, 1.165) is 41.1 Å². The zero-order valence-electron chi connectivity index (χ0n) is 20.5. The summed E-state index contributed by atoms with van der Waals surface area (Å²) in [4.78, 5) is 28.0. The van der Waals surface area contributed by atoms with Crippen LogP contribution in [-0.4, -0.2) is 55.1 Å². The molecule has 35 heavy (non-hydrogen) atoms. The maximum Gasteiger partial charge on any atom is 0.243 e. The van der Waals surface area contributed by atoms with E-state index in [2.05, 4.69) is 5.32 Å². The van der Waals surface area contributed by atoms with Crippen LogP contribution in [0, 0.1) is 6.92 Å². The molecule has 0 spiro atoms. The maximum absolute atomic E-state index is 13.4. The highest BCUT2D eigenvalue weighted by atomic mass is 35.5. The summed E-state index contributed by atoms with van der Waals surface area (Å²) in [6.45, 7) is 3.29. The van der Waals surface area contributed by atoms with Crippen LogP contribution in [0.15, 0.2) is 53.4 Å². The Hall–Kier alpha value is -2.42. The molecule has 0 heterocycles. The van der Waals surface area contributed by atoms with Crippen LogP contribution in [0.3, 0.4) is 0 Å². The monoisotopic (exact) mass is 519 g/mol. The normalized spacial score (nSPS) is 15.6. The first-order valence-corrected chi connectivity index (χ1v) is 13.8. The molecule has 0 aromatic heterocycles. The average Bonchev–Trinajstić information content (AvgIpc) is 2.83. The molecule has 1 atom stereocenters. The van der Waals surface area contributed by atoms with Gasteiger partial charge in [0.05, 0.1) is 11.4 Å². The van der Waals surface area contributed by atoms with Crippen LogP contribution in [0.25, 0.3) is 0 Å². The molecule has 1 aliphatic rings. The SMILES string of the molecule is Cc1ccc(S(=O)(=O)N(C)CC(=O)N(Cc2cccc(Cl)c2)[C@@H](C)C(=O)NC2CCCCC2)cc1. The van der Waals surface area contributed by atoms with E-state index in [9.17, 15) is 18.0 Å². The second-order valence-electron chi connectivity index (χ2n) is 9.25. The molecule has 1 saturated carbocycles. The van der Waals surface area contributed by atoms with Crippen molar-refractivity contribution in [3.05, 3.63) is 64.7 Å². The van der Waals surface area contributed by atoms with E-state index in [1.807, 2.05) is 13.0 Å². The molecule has 9 heteroatoms. The highest BCUT2D eigenvalue weighted by molar-refractivity contribution is 7.89. The lowest BCUT2D eigenvalue weighted by Crippen LogP contribution is -2.52. The van der Waals surface area contributed by atoms with Gasteiger partial charge >= 0.3 is 0 Å². The van der Waals surface area contributed by atoms with Gasteiger partial charge in [0.25, 0.3) is 0 Å². The Morgan fingerprint density at radius 2 is 1.74 bits per heavy atom. The van der Waals surface area contributed by atoms with Gasteiger partial charge in [-0.25, -0.2) is 8.42 Å². The van der Waals surface area contributed by atoms with E-state index in [4.69, 9.17) is 11.6 Å². The van der Waals surface area contributed by atoms with Crippen LogP contribution in [-0.2, 0) is 26.2 Å². The predicted molar refractivity (Wildman–Crippen MR) is 137 cm³/mol. The van der Waals surface area contributed by atoms with E-state index in [0.29, 0.717) is 5.02 Å². The first kappa shape index (κ1) is 27.2. The Labute approximate surface area is 213 Å². The standard InChI is InChI=1S/C26H34ClN3O4S/c1-19-12-14-24(15-13-19)35(33,34)29(3)18-25(31)30(17-21-8-7-9-22(27)16-21)20(2)26(32)28-23-10-5-4-6-11-23/h7-9,12-16,20,23H,4-6,10-11,17-18H2,1-3H3,(H,28,32)/t20-/m0/s1. The minimum Gasteiger partial charge on any atom is -0.352 e. The number of nitrogens with one attached hydrogen (secondary N) is 1. The predicted octanol–water partition coefficient (Wildman–Crippen LogP) is 4.14. The molecule has 2 aromatic carbocycles. The van der Waals surface area contributed by atoms with Gasteiger partial charge in [-0.2, -0.15) is 4.31 Å². The minimum atomic E-state index is -3.87. The molecule has 0 aliphatic heterocycles. The first-order valence-electron chi connectivity index (χ1n) is 11.9. The summed E-state index contributed by atoms with van der Waals surface area (Å²) >= 11 is 6.13. The molecule has 2 amide bonds. The number of amides is 2. The molecule has 2 aromatic rings. The van der Waals surface area contributed by atoms with Crippen molar-refractivity contribution in [2.75, 3.05) is 13.6 Å². The summed E-state index contributed by atoms with van der Waals surface area (Å²) in [5, 5.41) is 3.60. The summed E-state index contributed by atoms with van der Waals surface area (Å²) < 4.78 is 27.1. The van der Waals surface area contributed by atoms with E-state index >= 15 is 0 Å². The number of benzene rings is 2. The molecule has 0 bridgehead atoms. The molecule has 1 fully saturated rings. The molecule has 0 unspecified atom stereocenters. The Morgan fingerprint density at radius 1 is 1.09 bits per heavy atom. The third-order valence-electron chi connectivity index (χ3n) is 6.45. The van der Waals surface area contributed by atoms with Gasteiger partial charge in [0.1, 0.15) is 6.04 Å². The van der Waals surface area contributed by atoms with Crippen molar-refractivity contribution in [2.45, 2.75) is 69.5 Å². The van der Waals surface area contributed by atoms with Gasteiger partial charge < -0.3 is 10.2 Å². The van der Waals surface area contributed by atoms with Gasteiger partial charge in [-0.05, 0) is 56.5 Å². The number of likely N-dealkylation sites (N-methyl/N-ethyl adjacent to an activating group) is 1. The van der Waals surface area contributed by atoms with Crippen molar-refractivity contribution < 1.29 is 18.0 Å². The van der Waals surface area contributed by atoms with Crippen LogP contribution in [0.5, 0.6) is 0 Å². The average molecular weight is 520 g/mol. The number of carbonyl (C=O) groups is 2.